The number of nitrogens with zero attached hydrogens (tertiary/aromatic N) is 1. The first-order chi connectivity index (χ1) is 15.9. The number of amides is 1. The van der Waals surface area contributed by atoms with E-state index in [0.29, 0.717) is 18.0 Å². The molecule has 0 aromatic heterocycles. The molecule has 11 heteroatoms. The molecular formula is C22H28ClN3O6S. The molecule has 1 heterocycles. The molecule has 33 heavy (non-hydrogen) atoms. The summed E-state index contributed by atoms with van der Waals surface area (Å²) in [7, 11) is -2.32. The lowest BCUT2D eigenvalue weighted by atomic mass is 10.3. The number of anilines is 1. The zero-order chi connectivity index (χ0) is 23.7. The van der Waals surface area contributed by atoms with Gasteiger partial charge in [0, 0.05) is 25.3 Å². The standard InChI is InChI=1S/C22H28ClN3O6S/c1-30-18-5-3-17(4-6-18)25-33(28,29)19-7-8-21(20(23)15-19)32-16-22(27)24-9-2-10-26-11-13-31-14-12-26/h3-8,15,25H,2,9-14,16H2,1H3,(H,24,27). The van der Waals surface area contributed by atoms with Crippen LogP contribution in [-0.4, -0.2) is 72.3 Å². The quantitative estimate of drug-likeness (QED) is 0.459. The first-order valence-electron chi connectivity index (χ1n) is 10.5. The van der Waals surface area contributed by atoms with E-state index in [0.717, 1.165) is 39.3 Å². The van der Waals surface area contributed by atoms with E-state index in [4.69, 9.17) is 25.8 Å². The van der Waals surface area contributed by atoms with Crippen LogP contribution in [0.5, 0.6) is 11.5 Å². The van der Waals surface area contributed by atoms with Gasteiger partial charge in [0.1, 0.15) is 11.5 Å². The zero-order valence-corrected chi connectivity index (χ0v) is 20.0. The van der Waals surface area contributed by atoms with Crippen molar-refractivity contribution in [1.29, 1.82) is 0 Å². The highest BCUT2D eigenvalue weighted by atomic mass is 35.5. The Kier molecular flexibility index (Phi) is 9.19. The van der Waals surface area contributed by atoms with E-state index in [-0.39, 0.29) is 28.2 Å². The SMILES string of the molecule is COc1ccc(NS(=O)(=O)c2ccc(OCC(=O)NCCCN3CCOCC3)c(Cl)c2)cc1. The Morgan fingerprint density at radius 3 is 2.55 bits per heavy atom. The van der Waals surface area contributed by atoms with Crippen molar-refractivity contribution in [3.63, 3.8) is 0 Å². The van der Waals surface area contributed by atoms with E-state index in [2.05, 4.69) is 14.9 Å². The second-order valence-corrected chi connectivity index (χ2v) is 9.46. The van der Waals surface area contributed by atoms with Crippen molar-refractivity contribution in [2.45, 2.75) is 11.3 Å². The van der Waals surface area contributed by atoms with Crippen LogP contribution in [0.2, 0.25) is 5.02 Å². The molecule has 9 nitrogen and oxygen atoms in total. The highest BCUT2D eigenvalue weighted by molar-refractivity contribution is 7.92. The molecule has 1 aliphatic heterocycles. The van der Waals surface area contributed by atoms with E-state index in [1.165, 1.54) is 25.3 Å². The number of hydrogen-bond acceptors (Lipinski definition) is 7. The normalized spacial score (nSPS) is 14.5. The van der Waals surface area contributed by atoms with E-state index in [1.54, 1.807) is 24.3 Å². The van der Waals surface area contributed by atoms with Gasteiger partial charge in [-0.25, -0.2) is 8.42 Å². The third kappa shape index (κ3) is 7.78. The van der Waals surface area contributed by atoms with Gasteiger partial charge in [-0.3, -0.25) is 14.4 Å². The summed E-state index contributed by atoms with van der Waals surface area (Å²) >= 11 is 6.19. The van der Waals surface area contributed by atoms with Crippen LogP contribution < -0.4 is 19.5 Å². The lowest BCUT2D eigenvalue weighted by Gasteiger charge is -2.26. The Hall–Kier alpha value is -2.53. The van der Waals surface area contributed by atoms with Gasteiger partial charge in [0.25, 0.3) is 15.9 Å². The number of hydrogen-bond donors (Lipinski definition) is 2. The van der Waals surface area contributed by atoms with Crippen molar-refractivity contribution in [3.05, 3.63) is 47.5 Å². The zero-order valence-electron chi connectivity index (χ0n) is 18.4. The first kappa shape index (κ1) is 25.1. The maximum Gasteiger partial charge on any atom is 0.261 e. The summed E-state index contributed by atoms with van der Waals surface area (Å²) < 4.78 is 43.6. The highest BCUT2D eigenvalue weighted by Gasteiger charge is 2.17. The van der Waals surface area contributed by atoms with Crippen molar-refractivity contribution in [1.82, 2.24) is 10.2 Å². The molecule has 0 aliphatic carbocycles. The number of sulfonamides is 1. The monoisotopic (exact) mass is 497 g/mol. The fourth-order valence-corrected chi connectivity index (χ4v) is 4.57. The largest absolute Gasteiger partial charge is 0.497 e. The number of carbonyl (C=O) groups excluding carboxylic acids is 1. The number of benzene rings is 2. The van der Waals surface area contributed by atoms with Gasteiger partial charge in [0.15, 0.2) is 6.61 Å². The third-order valence-electron chi connectivity index (χ3n) is 4.99. The predicted molar refractivity (Wildman–Crippen MR) is 126 cm³/mol. The molecule has 0 radical (unpaired) electrons. The number of rotatable bonds is 11. The third-order valence-corrected chi connectivity index (χ3v) is 6.67. The Balaban J connectivity index is 1.46. The predicted octanol–water partition coefficient (Wildman–Crippen LogP) is 2.37. The molecule has 1 saturated heterocycles. The van der Waals surface area contributed by atoms with Crippen LogP contribution in [-0.2, 0) is 19.6 Å². The molecule has 1 fully saturated rings. The molecule has 0 saturated carbocycles. The van der Waals surface area contributed by atoms with Crippen molar-refractivity contribution in [2.24, 2.45) is 0 Å². The number of ether oxygens (including phenoxy) is 3. The number of nitrogens with one attached hydrogen (secondary N) is 2. The summed E-state index contributed by atoms with van der Waals surface area (Å²) in [5.74, 6) is 0.568. The molecule has 180 valence electrons. The van der Waals surface area contributed by atoms with Gasteiger partial charge in [-0.2, -0.15) is 0 Å². The lowest BCUT2D eigenvalue weighted by molar-refractivity contribution is -0.123. The minimum Gasteiger partial charge on any atom is -0.497 e. The van der Waals surface area contributed by atoms with E-state index < -0.39 is 10.0 Å². The van der Waals surface area contributed by atoms with Gasteiger partial charge >= 0.3 is 0 Å². The van der Waals surface area contributed by atoms with Gasteiger partial charge < -0.3 is 19.5 Å². The summed E-state index contributed by atoms with van der Waals surface area (Å²) in [4.78, 5) is 14.3. The molecule has 0 bridgehead atoms. The second kappa shape index (κ2) is 12.1. The minimum atomic E-state index is -3.85. The molecule has 2 aromatic rings. The minimum absolute atomic E-state index is 0.0248. The van der Waals surface area contributed by atoms with Crippen LogP contribution in [0.1, 0.15) is 6.42 Å². The Morgan fingerprint density at radius 1 is 1.15 bits per heavy atom. The smallest absolute Gasteiger partial charge is 0.261 e. The Bertz CT molecular complexity index is 1030. The van der Waals surface area contributed by atoms with Crippen molar-refractivity contribution in [3.8, 4) is 11.5 Å². The molecule has 3 rings (SSSR count). The summed E-state index contributed by atoms with van der Waals surface area (Å²) in [6, 6.07) is 10.6. The molecule has 1 aliphatic rings. The number of methoxy groups -OCH3 is 1. The summed E-state index contributed by atoms with van der Waals surface area (Å²) in [5.41, 5.74) is 0.387. The van der Waals surface area contributed by atoms with E-state index in [9.17, 15) is 13.2 Å². The fourth-order valence-electron chi connectivity index (χ4n) is 3.19. The van der Waals surface area contributed by atoms with Gasteiger partial charge in [-0.05, 0) is 55.4 Å². The summed E-state index contributed by atoms with van der Waals surface area (Å²) in [5, 5.41) is 2.89. The Labute approximate surface area is 199 Å². The maximum absolute atomic E-state index is 12.6. The van der Waals surface area contributed by atoms with Gasteiger partial charge in [0.05, 0.1) is 30.2 Å². The van der Waals surface area contributed by atoms with Crippen LogP contribution in [0.15, 0.2) is 47.4 Å². The molecule has 0 spiro atoms. The van der Waals surface area contributed by atoms with E-state index >= 15 is 0 Å². The van der Waals surface area contributed by atoms with Crippen LogP contribution in [0.3, 0.4) is 0 Å². The molecule has 2 N–H and O–H groups in total. The number of halogens is 1. The van der Waals surface area contributed by atoms with Gasteiger partial charge in [-0.15, -0.1) is 0 Å². The fraction of sp³-hybridized carbons (Fsp3) is 0.409. The molecular weight excluding hydrogens is 470 g/mol. The van der Waals surface area contributed by atoms with Crippen LogP contribution >= 0.6 is 11.6 Å². The highest BCUT2D eigenvalue weighted by Crippen LogP contribution is 2.28. The molecule has 0 atom stereocenters. The topological polar surface area (TPSA) is 106 Å². The first-order valence-corrected chi connectivity index (χ1v) is 12.4. The van der Waals surface area contributed by atoms with Gasteiger partial charge in [-0.1, -0.05) is 11.6 Å². The maximum atomic E-state index is 12.6. The summed E-state index contributed by atoms with van der Waals surface area (Å²) in [6.07, 6.45) is 0.834. The average molecular weight is 498 g/mol. The summed E-state index contributed by atoms with van der Waals surface area (Å²) in [6.45, 7) is 4.55. The van der Waals surface area contributed by atoms with Crippen molar-refractivity contribution >= 4 is 33.2 Å². The van der Waals surface area contributed by atoms with Crippen LogP contribution in [0.4, 0.5) is 5.69 Å². The van der Waals surface area contributed by atoms with Crippen LogP contribution in [0, 0.1) is 0 Å². The van der Waals surface area contributed by atoms with E-state index in [1.807, 2.05) is 0 Å². The molecule has 1 amide bonds. The number of morpholine rings is 1. The second-order valence-electron chi connectivity index (χ2n) is 7.37. The molecule has 0 unspecified atom stereocenters. The number of carbonyl (C=O) groups is 1. The Morgan fingerprint density at radius 2 is 1.88 bits per heavy atom. The van der Waals surface area contributed by atoms with Crippen molar-refractivity contribution < 1.29 is 27.4 Å². The molecule has 2 aromatic carbocycles. The van der Waals surface area contributed by atoms with Crippen molar-refractivity contribution in [2.75, 3.05) is 57.8 Å². The average Bonchev–Trinajstić information content (AvgIpc) is 2.82. The lowest BCUT2D eigenvalue weighted by Crippen LogP contribution is -2.38. The van der Waals surface area contributed by atoms with Gasteiger partial charge in [0.2, 0.25) is 0 Å². The van der Waals surface area contributed by atoms with Crippen LogP contribution in [0.25, 0.3) is 0 Å².